The Morgan fingerprint density at radius 1 is 1.07 bits per heavy atom. The van der Waals surface area contributed by atoms with Crippen molar-refractivity contribution in [2.75, 3.05) is 12.4 Å². The number of esters is 1. The van der Waals surface area contributed by atoms with Crippen molar-refractivity contribution in [3.63, 3.8) is 0 Å². The van der Waals surface area contributed by atoms with Gasteiger partial charge < -0.3 is 14.1 Å². The van der Waals surface area contributed by atoms with Gasteiger partial charge in [0.25, 0.3) is 5.91 Å². The van der Waals surface area contributed by atoms with Crippen LogP contribution in [0, 0.1) is 0 Å². The summed E-state index contributed by atoms with van der Waals surface area (Å²) in [7, 11) is 0. The third-order valence-electron chi connectivity index (χ3n) is 5.59. The van der Waals surface area contributed by atoms with Crippen molar-refractivity contribution in [2.45, 2.75) is 56.4 Å². The molecular formula is C24H27NO4S. The van der Waals surface area contributed by atoms with Gasteiger partial charge in [0, 0.05) is 10.6 Å². The van der Waals surface area contributed by atoms with Gasteiger partial charge in [0.2, 0.25) is 0 Å². The average Bonchev–Trinajstić information content (AvgIpc) is 3.46. The van der Waals surface area contributed by atoms with Gasteiger partial charge in [-0.15, -0.1) is 11.8 Å². The molecule has 1 aromatic carbocycles. The van der Waals surface area contributed by atoms with Crippen LogP contribution in [0.3, 0.4) is 0 Å². The number of ether oxygens (including phenoxy) is 1. The Kier molecular flexibility index (Phi) is 6.95. The fraction of sp³-hybridized carbons (Fsp3) is 0.417. The van der Waals surface area contributed by atoms with Crippen LogP contribution in [0.4, 0.5) is 0 Å². The molecule has 0 aliphatic heterocycles. The minimum absolute atomic E-state index is 0.201. The Balaban J connectivity index is 1.29. The van der Waals surface area contributed by atoms with E-state index in [-0.39, 0.29) is 24.2 Å². The molecule has 1 heterocycles. The van der Waals surface area contributed by atoms with E-state index in [1.165, 1.54) is 29.3 Å². The predicted octanol–water partition coefficient (Wildman–Crippen LogP) is 4.89. The van der Waals surface area contributed by atoms with Crippen LogP contribution in [0.25, 0.3) is 0 Å². The van der Waals surface area contributed by atoms with Gasteiger partial charge in [-0.2, -0.15) is 0 Å². The first-order chi connectivity index (χ1) is 14.7. The van der Waals surface area contributed by atoms with Gasteiger partial charge in [-0.25, -0.2) is 0 Å². The first kappa shape index (κ1) is 20.8. The Morgan fingerprint density at radius 2 is 1.97 bits per heavy atom. The standard InChI is InChI=1S/C24H27NO4S/c26-23(25(15-21-10-5-13-28-21)20-8-2-1-3-9-20)16-29-24(27)17-30-22-12-11-18-6-4-7-19(18)14-22/h5,8,10-14H,1-4,6-7,9,15-17H2. The summed E-state index contributed by atoms with van der Waals surface area (Å²) >= 11 is 1.46. The first-order valence-electron chi connectivity index (χ1n) is 10.6. The van der Waals surface area contributed by atoms with Crippen LogP contribution in [0.1, 0.15) is 49.0 Å². The summed E-state index contributed by atoms with van der Waals surface area (Å²) in [5, 5.41) is 0. The highest BCUT2D eigenvalue weighted by molar-refractivity contribution is 8.00. The monoisotopic (exact) mass is 425 g/mol. The number of benzene rings is 1. The number of fused-ring (bicyclic) bond motifs is 1. The normalized spacial score (nSPS) is 15.4. The smallest absolute Gasteiger partial charge is 0.316 e. The second kappa shape index (κ2) is 10.0. The van der Waals surface area contributed by atoms with Crippen LogP contribution in [-0.2, 0) is 33.7 Å². The highest BCUT2D eigenvalue weighted by Gasteiger charge is 2.22. The summed E-state index contributed by atoms with van der Waals surface area (Å²) in [6.07, 6.45) is 11.2. The lowest BCUT2D eigenvalue weighted by molar-refractivity contribution is -0.149. The van der Waals surface area contributed by atoms with E-state index in [9.17, 15) is 9.59 Å². The summed E-state index contributed by atoms with van der Waals surface area (Å²) in [6, 6.07) is 10.1. The van der Waals surface area contributed by atoms with Crippen molar-refractivity contribution in [1.82, 2.24) is 4.90 Å². The van der Waals surface area contributed by atoms with E-state index in [0.29, 0.717) is 12.3 Å². The summed E-state index contributed by atoms with van der Waals surface area (Å²) in [6.45, 7) is 0.112. The molecule has 4 rings (SSSR count). The van der Waals surface area contributed by atoms with E-state index in [4.69, 9.17) is 9.15 Å². The topological polar surface area (TPSA) is 59.8 Å². The van der Waals surface area contributed by atoms with E-state index in [1.54, 1.807) is 11.2 Å². The van der Waals surface area contributed by atoms with E-state index in [2.05, 4.69) is 24.3 Å². The number of rotatable bonds is 8. The molecule has 0 atom stereocenters. The molecule has 0 bridgehead atoms. The molecule has 0 fully saturated rings. The zero-order valence-electron chi connectivity index (χ0n) is 17.1. The van der Waals surface area contributed by atoms with Crippen LogP contribution < -0.4 is 0 Å². The Hall–Kier alpha value is -2.47. The van der Waals surface area contributed by atoms with Crippen molar-refractivity contribution < 1.29 is 18.7 Å². The number of furan rings is 1. The molecule has 5 nitrogen and oxygen atoms in total. The first-order valence-corrected chi connectivity index (χ1v) is 11.6. The minimum Gasteiger partial charge on any atom is -0.467 e. The van der Waals surface area contributed by atoms with Gasteiger partial charge in [0.1, 0.15) is 5.76 Å². The van der Waals surface area contributed by atoms with Gasteiger partial charge in [0.05, 0.1) is 18.6 Å². The molecule has 1 amide bonds. The molecule has 0 spiro atoms. The summed E-state index contributed by atoms with van der Waals surface area (Å²) in [4.78, 5) is 27.8. The van der Waals surface area contributed by atoms with Crippen LogP contribution in [0.15, 0.2) is 57.7 Å². The van der Waals surface area contributed by atoms with Crippen molar-refractivity contribution in [1.29, 1.82) is 0 Å². The largest absolute Gasteiger partial charge is 0.467 e. The highest BCUT2D eigenvalue weighted by atomic mass is 32.2. The van der Waals surface area contributed by atoms with Crippen LogP contribution in [0.2, 0.25) is 0 Å². The van der Waals surface area contributed by atoms with Gasteiger partial charge in [0.15, 0.2) is 6.61 Å². The number of thioether (sulfide) groups is 1. The lowest BCUT2D eigenvalue weighted by Crippen LogP contribution is -2.34. The number of amides is 1. The number of hydrogen-bond donors (Lipinski definition) is 0. The van der Waals surface area contributed by atoms with E-state index < -0.39 is 0 Å². The third kappa shape index (κ3) is 5.36. The number of carbonyl (C=O) groups excluding carboxylic acids is 2. The van der Waals surface area contributed by atoms with Crippen molar-refractivity contribution in [2.24, 2.45) is 0 Å². The van der Waals surface area contributed by atoms with Crippen LogP contribution in [0.5, 0.6) is 0 Å². The second-order valence-corrected chi connectivity index (χ2v) is 8.78. The fourth-order valence-corrected chi connectivity index (χ4v) is 4.77. The zero-order chi connectivity index (χ0) is 20.8. The van der Waals surface area contributed by atoms with Gasteiger partial charge >= 0.3 is 5.97 Å². The van der Waals surface area contributed by atoms with Gasteiger partial charge in [-0.05, 0) is 80.3 Å². The number of hydrogen-bond acceptors (Lipinski definition) is 5. The highest BCUT2D eigenvalue weighted by Crippen LogP contribution is 2.28. The van der Waals surface area contributed by atoms with Crippen LogP contribution in [-0.4, -0.2) is 29.1 Å². The Labute approximate surface area is 181 Å². The Morgan fingerprint density at radius 3 is 2.77 bits per heavy atom. The lowest BCUT2D eigenvalue weighted by atomic mass is 10.0. The number of carbonyl (C=O) groups is 2. The molecule has 2 aliphatic carbocycles. The van der Waals surface area contributed by atoms with E-state index >= 15 is 0 Å². The molecule has 2 aromatic rings. The summed E-state index contributed by atoms with van der Waals surface area (Å²) < 4.78 is 10.7. The fourth-order valence-electron chi connectivity index (χ4n) is 4.02. The van der Waals surface area contributed by atoms with Crippen LogP contribution >= 0.6 is 11.8 Å². The molecule has 1 aromatic heterocycles. The maximum absolute atomic E-state index is 12.8. The van der Waals surface area contributed by atoms with Crippen molar-refractivity contribution >= 4 is 23.6 Å². The van der Waals surface area contributed by atoms with Gasteiger partial charge in [-0.1, -0.05) is 12.1 Å². The maximum Gasteiger partial charge on any atom is 0.316 e. The number of aryl methyl sites for hydroxylation is 2. The van der Waals surface area contributed by atoms with Crippen molar-refractivity contribution in [3.05, 3.63) is 65.3 Å². The van der Waals surface area contributed by atoms with Gasteiger partial charge in [-0.3, -0.25) is 9.59 Å². The molecular weight excluding hydrogens is 398 g/mol. The Bertz CT molecular complexity index is 919. The molecule has 2 aliphatic rings. The molecule has 6 heteroatoms. The summed E-state index contributed by atoms with van der Waals surface area (Å²) in [5.74, 6) is 0.334. The number of allylic oxidation sites excluding steroid dienone is 2. The molecule has 0 radical (unpaired) electrons. The zero-order valence-corrected chi connectivity index (χ0v) is 17.9. The maximum atomic E-state index is 12.8. The lowest BCUT2D eigenvalue weighted by Gasteiger charge is -2.26. The molecule has 0 saturated carbocycles. The van der Waals surface area contributed by atoms with E-state index in [1.807, 2.05) is 12.1 Å². The van der Waals surface area contributed by atoms with E-state index in [0.717, 1.165) is 49.1 Å². The molecule has 30 heavy (non-hydrogen) atoms. The SMILES string of the molecule is O=C(CSc1ccc2c(c1)CCC2)OCC(=O)N(Cc1ccco1)C1=CCCCC1. The molecule has 0 N–H and O–H groups in total. The quantitative estimate of drug-likeness (QED) is 0.445. The molecule has 158 valence electrons. The molecule has 0 saturated heterocycles. The third-order valence-corrected chi connectivity index (χ3v) is 6.56. The predicted molar refractivity (Wildman–Crippen MR) is 116 cm³/mol. The van der Waals surface area contributed by atoms with Crippen molar-refractivity contribution in [3.8, 4) is 0 Å². The number of nitrogens with zero attached hydrogens (tertiary/aromatic N) is 1. The average molecular weight is 426 g/mol. The molecule has 0 unspecified atom stereocenters. The minimum atomic E-state index is -0.371. The second-order valence-electron chi connectivity index (χ2n) is 7.73. The summed E-state index contributed by atoms with van der Waals surface area (Å²) in [5.41, 5.74) is 3.80.